The van der Waals surface area contributed by atoms with Gasteiger partial charge in [0.2, 0.25) is 0 Å². The lowest BCUT2D eigenvalue weighted by molar-refractivity contribution is -0.160. The number of ether oxygens (including phenoxy) is 2. The fourth-order valence-electron chi connectivity index (χ4n) is 6.40. The predicted octanol–water partition coefficient (Wildman–Crippen LogP) is 6.30. The van der Waals surface area contributed by atoms with E-state index < -0.39 is 17.6 Å². The molecule has 6 heteroatoms. The van der Waals surface area contributed by atoms with Crippen LogP contribution < -0.4 is 4.90 Å². The largest absolute Gasteiger partial charge is 0.461 e. The molecular formula is C30H34FNO4. The van der Waals surface area contributed by atoms with Crippen molar-refractivity contribution in [3.63, 3.8) is 0 Å². The van der Waals surface area contributed by atoms with Crippen molar-refractivity contribution in [2.75, 3.05) is 18.1 Å². The smallest absolute Gasteiger partial charge is 0.414 e. The summed E-state index contributed by atoms with van der Waals surface area (Å²) in [5.41, 5.74) is 3.72. The number of benzene rings is 2. The van der Waals surface area contributed by atoms with Gasteiger partial charge in [-0.05, 0) is 79.0 Å². The van der Waals surface area contributed by atoms with E-state index >= 15 is 0 Å². The van der Waals surface area contributed by atoms with Crippen LogP contribution in [0.25, 0.3) is 0 Å². The Hall–Kier alpha value is -3.15. The van der Waals surface area contributed by atoms with Gasteiger partial charge in [-0.2, -0.15) is 0 Å². The maximum atomic E-state index is 13.5. The predicted molar refractivity (Wildman–Crippen MR) is 137 cm³/mol. The second-order valence-electron chi connectivity index (χ2n) is 11.2. The van der Waals surface area contributed by atoms with Gasteiger partial charge in [-0.3, -0.25) is 9.69 Å². The third-order valence-electron chi connectivity index (χ3n) is 8.47. The Morgan fingerprint density at radius 2 is 1.94 bits per heavy atom. The first-order valence-corrected chi connectivity index (χ1v) is 12.8. The molecule has 0 bridgehead atoms. The number of cyclic esters (lactones) is 1. The van der Waals surface area contributed by atoms with Crippen LogP contribution in [0, 0.1) is 17.2 Å². The maximum absolute atomic E-state index is 13.5. The number of fused-ring (bicyclic) bond motifs is 3. The van der Waals surface area contributed by atoms with Crippen LogP contribution in [0.1, 0.15) is 63.1 Å². The highest BCUT2D eigenvalue weighted by Crippen LogP contribution is 2.55. The van der Waals surface area contributed by atoms with E-state index in [1.807, 2.05) is 13.0 Å². The molecule has 2 unspecified atom stereocenters. The molecule has 5 nitrogen and oxygen atoms in total. The quantitative estimate of drug-likeness (QED) is 0.364. The van der Waals surface area contributed by atoms with Crippen molar-refractivity contribution in [3.8, 4) is 0 Å². The van der Waals surface area contributed by atoms with Gasteiger partial charge in [0.15, 0.2) is 6.10 Å². The summed E-state index contributed by atoms with van der Waals surface area (Å²) in [6.45, 7) is 8.92. The topological polar surface area (TPSA) is 55.8 Å². The van der Waals surface area contributed by atoms with E-state index in [2.05, 4.69) is 45.0 Å². The van der Waals surface area contributed by atoms with Gasteiger partial charge >= 0.3 is 12.1 Å². The van der Waals surface area contributed by atoms with E-state index in [1.54, 1.807) is 0 Å². The first kappa shape index (κ1) is 24.5. The number of carbonyl (C=O) groups is 2. The standard InChI is InChI=1S/C30H34FNO4/c1-19(2)20-6-12-25-21(16-20)7-13-26-29(25,3)14-5-15-30(26,4)27(33)35-18-24-17-32(28(34)36-24)23-10-8-22(31)9-11-23/h5-6,8-12,15-16,19,24,26H,7,13-14,17-18H2,1-4H3/t24?,26?,29-,30-/m1/s1. The molecule has 1 amide bonds. The SMILES string of the molecule is CC(C)c1ccc2c(c1)CCC1[C@](C)(C(=O)OCC3CN(c4ccc(F)cc4)C(=O)O3)C=CC[C@]21C. The number of aryl methyl sites for hydroxylation is 1. The molecule has 0 spiro atoms. The van der Waals surface area contributed by atoms with Gasteiger partial charge in [0.25, 0.3) is 0 Å². The highest BCUT2D eigenvalue weighted by atomic mass is 19.1. The van der Waals surface area contributed by atoms with Crippen molar-refractivity contribution in [1.82, 2.24) is 0 Å². The van der Waals surface area contributed by atoms with Crippen LogP contribution >= 0.6 is 0 Å². The van der Waals surface area contributed by atoms with Crippen LogP contribution in [0.2, 0.25) is 0 Å². The highest BCUT2D eigenvalue weighted by Gasteiger charge is 2.54. The Bertz CT molecular complexity index is 1210. The van der Waals surface area contributed by atoms with Crippen molar-refractivity contribution in [2.45, 2.75) is 64.4 Å². The molecule has 1 heterocycles. The number of allylic oxidation sites excluding steroid dienone is 1. The average Bonchev–Trinajstić information content (AvgIpc) is 3.22. The first-order valence-electron chi connectivity index (χ1n) is 12.8. The van der Waals surface area contributed by atoms with Gasteiger partial charge < -0.3 is 9.47 Å². The van der Waals surface area contributed by atoms with Crippen LogP contribution in [-0.2, 0) is 26.1 Å². The van der Waals surface area contributed by atoms with E-state index in [0.717, 1.165) is 19.3 Å². The summed E-state index contributed by atoms with van der Waals surface area (Å²) < 4.78 is 24.5. The number of anilines is 1. The normalized spacial score (nSPS) is 29.1. The summed E-state index contributed by atoms with van der Waals surface area (Å²) in [7, 11) is 0. The number of hydrogen-bond donors (Lipinski definition) is 0. The number of rotatable bonds is 5. The lowest BCUT2D eigenvalue weighted by Gasteiger charge is -2.51. The zero-order valence-electron chi connectivity index (χ0n) is 21.4. The molecule has 1 saturated heterocycles. The molecule has 190 valence electrons. The van der Waals surface area contributed by atoms with E-state index in [4.69, 9.17) is 9.47 Å². The molecule has 2 aromatic carbocycles. The van der Waals surface area contributed by atoms with Crippen LogP contribution in [0.5, 0.6) is 0 Å². The Balaban J connectivity index is 1.29. The molecule has 5 rings (SSSR count). The zero-order valence-corrected chi connectivity index (χ0v) is 21.4. The molecule has 36 heavy (non-hydrogen) atoms. The number of carbonyl (C=O) groups excluding carboxylic acids is 2. The minimum absolute atomic E-state index is 0.0104. The van der Waals surface area contributed by atoms with Gasteiger partial charge in [-0.1, -0.05) is 51.1 Å². The van der Waals surface area contributed by atoms with Crippen molar-refractivity contribution >= 4 is 17.7 Å². The van der Waals surface area contributed by atoms with E-state index in [9.17, 15) is 14.0 Å². The fourth-order valence-corrected chi connectivity index (χ4v) is 6.40. The molecule has 0 N–H and O–H groups in total. The van der Waals surface area contributed by atoms with Crippen molar-refractivity contribution in [3.05, 3.63) is 77.1 Å². The molecule has 0 saturated carbocycles. The summed E-state index contributed by atoms with van der Waals surface area (Å²) >= 11 is 0. The summed E-state index contributed by atoms with van der Waals surface area (Å²) in [4.78, 5) is 27.3. The van der Waals surface area contributed by atoms with Crippen molar-refractivity contribution in [2.24, 2.45) is 11.3 Å². The molecule has 0 aromatic heterocycles. The molecule has 2 aliphatic carbocycles. The Labute approximate surface area is 212 Å². The number of nitrogens with zero attached hydrogens (tertiary/aromatic N) is 1. The van der Waals surface area contributed by atoms with E-state index in [0.29, 0.717) is 11.6 Å². The number of halogens is 1. The average molecular weight is 492 g/mol. The molecule has 4 atom stereocenters. The second-order valence-corrected chi connectivity index (χ2v) is 11.2. The van der Waals surface area contributed by atoms with Crippen LogP contribution in [0.3, 0.4) is 0 Å². The first-order chi connectivity index (χ1) is 17.1. The van der Waals surface area contributed by atoms with Gasteiger partial charge in [0.1, 0.15) is 12.4 Å². The summed E-state index contributed by atoms with van der Waals surface area (Å²) in [6, 6.07) is 12.5. The van der Waals surface area contributed by atoms with E-state index in [-0.39, 0.29) is 36.3 Å². The minimum Gasteiger partial charge on any atom is -0.461 e. The van der Waals surface area contributed by atoms with Gasteiger partial charge in [0.05, 0.1) is 12.0 Å². The molecule has 0 radical (unpaired) electrons. The molecular weight excluding hydrogens is 457 g/mol. The zero-order chi connectivity index (χ0) is 25.7. The van der Waals surface area contributed by atoms with Gasteiger partial charge in [-0.15, -0.1) is 0 Å². The Morgan fingerprint density at radius 3 is 2.67 bits per heavy atom. The fraction of sp³-hybridized carbons (Fsp3) is 0.467. The highest BCUT2D eigenvalue weighted by molar-refractivity contribution is 5.89. The number of hydrogen-bond acceptors (Lipinski definition) is 4. The third kappa shape index (κ3) is 4.10. The summed E-state index contributed by atoms with van der Waals surface area (Å²) in [5, 5.41) is 0. The van der Waals surface area contributed by atoms with Crippen LogP contribution in [0.15, 0.2) is 54.6 Å². The second kappa shape index (κ2) is 9.06. The summed E-state index contributed by atoms with van der Waals surface area (Å²) in [6.07, 6.45) is 5.79. The number of esters is 1. The Kier molecular flexibility index (Phi) is 6.17. The van der Waals surface area contributed by atoms with Crippen molar-refractivity contribution in [1.29, 1.82) is 0 Å². The third-order valence-corrected chi connectivity index (χ3v) is 8.47. The van der Waals surface area contributed by atoms with Gasteiger partial charge in [0, 0.05) is 11.1 Å². The minimum atomic E-state index is -0.763. The molecule has 1 aliphatic heterocycles. The molecule has 3 aliphatic rings. The van der Waals surface area contributed by atoms with Crippen LogP contribution in [0.4, 0.5) is 14.9 Å². The lowest BCUT2D eigenvalue weighted by Crippen LogP contribution is -2.51. The monoisotopic (exact) mass is 491 g/mol. The van der Waals surface area contributed by atoms with Crippen molar-refractivity contribution < 1.29 is 23.5 Å². The lowest BCUT2D eigenvalue weighted by atomic mass is 9.52. The Morgan fingerprint density at radius 1 is 1.19 bits per heavy atom. The summed E-state index contributed by atoms with van der Waals surface area (Å²) in [5.74, 6) is -0.0609. The van der Waals surface area contributed by atoms with Gasteiger partial charge in [-0.25, -0.2) is 9.18 Å². The molecule has 2 aromatic rings. The molecule has 1 fully saturated rings. The number of amides is 1. The van der Waals surface area contributed by atoms with E-state index in [1.165, 1.54) is 45.9 Å². The van der Waals surface area contributed by atoms with Crippen LogP contribution in [-0.4, -0.2) is 31.3 Å². The maximum Gasteiger partial charge on any atom is 0.414 e.